The molecule has 0 rings (SSSR count). The van der Waals surface area contributed by atoms with E-state index in [0.717, 1.165) is 30.7 Å². The number of rotatable bonds is 8. The maximum Gasteiger partial charge on any atom is 0.187 e. The fraction of sp³-hybridized carbons (Fsp3) is 0.333. The quantitative estimate of drug-likeness (QED) is 0.273. The molecule has 0 aromatic heterocycles. The van der Waals surface area contributed by atoms with Gasteiger partial charge in [0, 0.05) is 0 Å². The molecule has 0 saturated carbocycles. The van der Waals surface area contributed by atoms with Crippen molar-refractivity contribution >= 4 is 17.4 Å². The van der Waals surface area contributed by atoms with E-state index >= 15 is 0 Å². The third-order valence-corrected chi connectivity index (χ3v) is 2.07. The van der Waals surface area contributed by atoms with Gasteiger partial charge < -0.3 is 16.9 Å². The predicted molar refractivity (Wildman–Crippen MR) is 70.5 cm³/mol. The molecule has 0 aliphatic heterocycles. The molecule has 0 heterocycles. The van der Waals surface area contributed by atoms with Crippen LogP contribution in [0.25, 0.3) is 0 Å². The van der Waals surface area contributed by atoms with Gasteiger partial charge in [-0.15, -0.1) is 0 Å². The standard InChI is InChI=1S/C12H20N.Al.ClH.3H/c1-5-9-13(10-6-2,11-7-3)12-8-4;;;;;/h5-8H,1-4,9-12H2;;1H;;;/q+1;;;;;/p-1. The molecule has 0 aliphatic carbocycles. The molecule has 0 unspecified atom stereocenters. The Balaban J connectivity index is -0.000000720. The fourth-order valence-corrected chi connectivity index (χ4v) is 1.54. The Labute approximate surface area is 111 Å². The van der Waals surface area contributed by atoms with Gasteiger partial charge in [0.15, 0.2) is 17.4 Å². The van der Waals surface area contributed by atoms with Crippen molar-refractivity contribution in [1.82, 2.24) is 0 Å². The van der Waals surface area contributed by atoms with Gasteiger partial charge in [-0.2, -0.15) is 0 Å². The van der Waals surface area contributed by atoms with Crippen molar-refractivity contribution < 1.29 is 16.9 Å². The maximum absolute atomic E-state index is 3.77. The molecule has 0 aromatic carbocycles. The van der Waals surface area contributed by atoms with Crippen molar-refractivity contribution in [2.24, 2.45) is 0 Å². The Bertz CT molecular complexity index is 156. The first-order valence-electron chi connectivity index (χ1n) is 4.53. The minimum atomic E-state index is 0. The van der Waals surface area contributed by atoms with Crippen LogP contribution in [0.3, 0.4) is 0 Å². The Morgan fingerprint density at radius 3 is 1.00 bits per heavy atom. The summed E-state index contributed by atoms with van der Waals surface area (Å²) in [5.41, 5.74) is 0. The zero-order valence-corrected chi connectivity index (χ0v) is 9.55. The van der Waals surface area contributed by atoms with Crippen molar-refractivity contribution in [2.75, 3.05) is 26.2 Å². The lowest BCUT2D eigenvalue weighted by molar-refractivity contribution is -0.906. The first-order chi connectivity index (χ1) is 6.24. The van der Waals surface area contributed by atoms with Crippen molar-refractivity contribution in [3.8, 4) is 0 Å². The Kier molecular flexibility index (Phi) is 15.9. The van der Waals surface area contributed by atoms with E-state index in [1.54, 1.807) is 0 Å². The largest absolute Gasteiger partial charge is 1.00 e. The summed E-state index contributed by atoms with van der Waals surface area (Å²) in [5, 5.41) is 0. The summed E-state index contributed by atoms with van der Waals surface area (Å²) in [7, 11) is 0. The molecule has 0 bridgehead atoms. The highest BCUT2D eigenvalue weighted by Gasteiger charge is 2.20. The van der Waals surface area contributed by atoms with E-state index in [2.05, 4.69) is 26.3 Å². The normalized spacial score (nSPS) is 9.07. The van der Waals surface area contributed by atoms with Gasteiger partial charge in [-0.05, 0) is 24.3 Å². The minimum Gasteiger partial charge on any atom is -1.00 e. The lowest BCUT2D eigenvalue weighted by atomic mass is 10.3. The molecule has 0 aromatic rings. The smallest absolute Gasteiger partial charge is 0.187 e. The van der Waals surface area contributed by atoms with E-state index in [4.69, 9.17) is 0 Å². The van der Waals surface area contributed by atoms with Crippen LogP contribution in [0.5, 0.6) is 0 Å². The van der Waals surface area contributed by atoms with Crippen LogP contribution in [-0.4, -0.2) is 48.0 Å². The molecule has 0 aliphatic rings. The van der Waals surface area contributed by atoms with Crippen LogP contribution in [0.15, 0.2) is 50.6 Å². The molecular formula is C12H23AlClN. The summed E-state index contributed by atoms with van der Waals surface area (Å²) in [5.74, 6) is 0. The summed E-state index contributed by atoms with van der Waals surface area (Å²) in [6.45, 7) is 18.8. The number of hydrogen-bond acceptors (Lipinski definition) is 0. The zero-order valence-electron chi connectivity index (χ0n) is 8.79. The van der Waals surface area contributed by atoms with Crippen LogP contribution >= 0.6 is 0 Å². The average Bonchev–Trinajstić information content (AvgIpc) is 2.06. The summed E-state index contributed by atoms with van der Waals surface area (Å²) < 4.78 is 0.903. The van der Waals surface area contributed by atoms with Crippen LogP contribution in [-0.2, 0) is 0 Å². The highest BCUT2D eigenvalue weighted by molar-refractivity contribution is 5.75. The highest BCUT2D eigenvalue weighted by atomic mass is 35.5. The van der Waals surface area contributed by atoms with Crippen molar-refractivity contribution in [3.63, 3.8) is 0 Å². The SMILES string of the molecule is C=CC[N+](CC=C)(CC=C)CC=C.[AlH3].[Cl-]. The average molecular weight is 244 g/mol. The molecule has 0 N–H and O–H groups in total. The van der Waals surface area contributed by atoms with Crippen LogP contribution in [0, 0.1) is 0 Å². The Morgan fingerprint density at radius 2 is 0.867 bits per heavy atom. The summed E-state index contributed by atoms with van der Waals surface area (Å²) in [4.78, 5) is 0. The lowest BCUT2D eigenvalue weighted by Crippen LogP contribution is -3.00. The number of quaternary nitrogens is 1. The first-order valence-corrected chi connectivity index (χ1v) is 4.53. The molecule has 0 saturated heterocycles. The predicted octanol–water partition coefficient (Wildman–Crippen LogP) is -1.63. The number of halogens is 1. The number of hydrogen-bond donors (Lipinski definition) is 0. The topological polar surface area (TPSA) is 0 Å². The van der Waals surface area contributed by atoms with Gasteiger partial charge >= 0.3 is 0 Å². The van der Waals surface area contributed by atoms with E-state index in [9.17, 15) is 0 Å². The molecule has 0 amide bonds. The van der Waals surface area contributed by atoms with Gasteiger partial charge in [0.2, 0.25) is 0 Å². The van der Waals surface area contributed by atoms with Crippen LogP contribution in [0.4, 0.5) is 0 Å². The van der Waals surface area contributed by atoms with Gasteiger partial charge in [0.25, 0.3) is 0 Å². The summed E-state index contributed by atoms with van der Waals surface area (Å²) in [6.07, 6.45) is 7.76. The molecule has 0 fully saturated rings. The fourth-order valence-electron chi connectivity index (χ4n) is 1.54. The summed E-state index contributed by atoms with van der Waals surface area (Å²) >= 11 is 0. The summed E-state index contributed by atoms with van der Waals surface area (Å²) in [6, 6.07) is 0. The molecule has 0 atom stereocenters. The van der Waals surface area contributed by atoms with Gasteiger partial charge in [0.1, 0.15) is 0 Å². The second-order valence-electron chi connectivity index (χ2n) is 3.23. The Hall–Kier alpha value is -0.258. The molecular weight excluding hydrogens is 221 g/mol. The van der Waals surface area contributed by atoms with Crippen LogP contribution in [0.1, 0.15) is 0 Å². The lowest BCUT2D eigenvalue weighted by Gasteiger charge is -2.35. The Morgan fingerprint density at radius 1 is 0.667 bits per heavy atom. The van der Waals surface area contributed by atoms with E-state index < -0.39 is 0 Å². The number of nitrogens with zero attached hydrogens (tertiary/aromatic N) is 1. The van der Waals surface area contributed by atoms with Gasteiger partial charge in [-0.1, -0.05) is 26.3 Å². The second-order valence-corrected chi connectivity index (χ2v) is 3.23. The zero-order chi connectivity index (χ0) is 10.2. The first kappa shape index (κ1) is 20.2. The van der Waals surface area contributed by atoms with Crippen molar-refractivity contribution in [3.05, 3.63) is 50.6 Å². The van der Waals surface area contributed by atoms with Crippen molar-refractivity contribution in [2.45, 2.75) is 0 Å². The highest BCUT2D eigenvalue weighted by Crippen LogP contribution is 2.07. The molecule has 0 radical (unpaired) electrons. The van der Waals surface area contributed by atoms with Crippen LogP contribution < -0.4 is 12.4 Å². The van der Waals surface area contributed by atoms with Gasteiger partial charge in [0.05, 0.1) is 26.2 Å². The van der Waals surface area contributed by atoms with E-state index in [-0.39, 0.29) is 29.8 Å². The molecule has 1 nitrogen and oxygen atoms in total. The third kappa shape index (κ3) is 7.65. The molecule has 15 heavy (non-hydrogen) atoms. The van der Waals surface area contributed by atoms with E-state index in [0.29, 0.717) is 0 Å². The van der Waals surface area contributed by atoms with Crippen molar-refractivity contribution in [1.29, 1.82) is 0 Å². The third-order valence-electron chi connectivity index (χ3n) is 2.07. The molecule has 86 valence electrons. The minimum absolute atomic E-state index is 0. The van der Waals surface area contributed by atoms with Gasteiger partial charge in [-0.25, -0.2) is 0 Å². The molecule has 3 heteroatoms. The molecule has 0 spiro atoms. The monoisotopic (exact) mass is 243 g/mol. The van der Waals surface area contributed by atoms with E-state index in [1.807, 2.05) is 24.3 Å². The van der Waals surface area contributed by atoms with E-state index in [1.165, 1.54) is 0 Å². The van der Waals surface area contributed by atoms with Crippen LogP contribution in [0.2, 0.25) is 0 Å². The second kappa shape index (κ2) is 11.8. The van der Waals surface area contributed by atoms with Gasteiger partial charge in [-0.3, -0.25) is 0 Å². The maximum atomic E-state index is 3.77.